The largest absolute Gasteiger partial charge is 0.381 e. The molecule has 19 heavy (non-hydrogen) atoms. The fourth-order valence-electron chi connectivity index (χ4n) is 2.80. The Bertz CT molecular complexity index is 474. The topological polar surface area (TPSA) is 67.2 Å². The molecule has 5 heteroatoms. The molecular weight excluding hydrogens is 242 g/mol. The molecule has 1 aromatic heterocycles. The monoisotopic (exact) mass is 259 g/mol. The highest BCUT2D eigenvalue weighted by Crippen LogP contribution is 2.33. The van der Waals surface area contributed by atoms with Gasteiger partial charge in [0.15, 0.2) is 0 Å². The SMILES string of the molecule is N#Cc1ccc(NC2CCOC3(CCOC3)C2)cn1. The average molecular weight is 259 g/mol. The maximum atomic E-state index is 8.73. The van der Waals surface area contributed by atoms with Crippen LogP contribution >= 0.6 is 0 Å². The molecule has 2 saturated heterocycles. The van der Waals surface area contributed by atoms with E-state index in [0.717, 1.165) is 38.2 Å². The van der Waals surface area contributed by atoms with Gasteiger partial charge in [0.1, 0.15) is 11.8 Å². The number of rotatable bonds is 2. The van der Waals surface area contributed by atoms with Crippen LogP contribution in [0.2, 0.25) is 0 Å². The van der Waals surface area contributed by atoms with Gasteiger partial charge in [-0.25, -0.2) is 4.98 Å². The third-order valence-electron chi connectivity index (χ3n) is 3.81. The van der Waals surface area contributed by atoms with Gasteiger partial charge < -0.3 is 14.8 Å². The highest BCUT2D eigenvalue weighted by atomic mass is 16.6. The van der Waals surface area contributed by atoms with Crippen LogP contribution in [0.4, 0.5) is 5.69 Å². The molecule has 2 fully saturated rings. The number of nitriles is 1. The molecule has 2 atom stereocenters. The van der Waals surface area contributed by atoms with E-state index in [1.807, 2.05) is 12.1 Å². The zero-order valence-corrected chi connectivity index (χ0v) is 10.8. The molecule has 2 aliphatic rings. The van der Waals surface area contributed by atoms with Crippen LogP contribution in [0.1, 0.15) is 25.0 Å². The standard InChI is InChI=1S/C14H17N3O2/c15-8-12-1-2-13(9-16-12)17-11-3-5-19-14(7-11)4-6-18-10-14/h1-2,9,11,17H,3-7,10H2. The Morgan fingerprint density at radius 1 is 1.42 bits per heavy atom. The van der Waals surface area contributed by atoms with E-state index in [1.165, 1.54) is 0 Å². The van der Waals surface area contributed by atoms with Crippen LogP contribution in [0.5, 0.6) is 0 Å². The van der Waals surface area contributed by atoms with E-state index in [9.17, 15) is 0 Å². The summed E-state index contributed by atoms with van der Waals surface area (Å²) >= 11 is 0. The molecule has 1 N–H and O–H groups in total. The first-order valence-electron chi connectivity index (χ1n) is 6.64. The summed E-state index contributed by atoms with van der Waals surface area (Å²) in [5.74, 6) is 0. The molecule has 3 rings (SSSR count). The van der Waals surface area contributed by atoms with E-state index in [4.69, 9.17) is 14.7 Å². The number of ether oxygens (including phenoxy) is 2. The summed E-state index contributed by atoms with van der Waals surface area (Å²) in [5.41, 5.74) is 1.31. The number of hydrogen-bond acceptors (Lipinski definition) is 5. The van der Waals surface area contributed by atoms with Crippen molar-refractivity contribution >= 4 is 5.69 Å². The van der Waals surface area contributed by atoms with Crippen molar-refractivity contribution in [1.82, 2.24) is 4.98 Å². The zero-order chi connectivity index (χ0) is 13.1. The van der Waals surface area contributed by atoms with Crippen molar-refractivity contribution in [3.8, 4) is 6.07 Å². The van der Waals surface area contributed by atoms with Crippen LogP contribution in [-0.4, -0.2) is 36.4 Å². The molecule has 1 spiro atoms. The second-order valence-electron chi connectivity index (χ2n) is 5.21. The predicted octanol–water partition coefficient (Wildman–Crippen LogP) is 1.70. The van der Waals surface area contributed by atoms with Crippen molar-refractivity contribution in [1.29, 1.82) is 5.26 Å². The van der Waals surface area contributed by atoms with E-state index in [1.54, 1.807) is 12.3 Å². The van der Waals surface area contributed by atoms with Crippen LogP contribution in [0.3, 0.4) is 0 Å². The second kappa shape index (κ2) is 5.16. The van der Waals surface area contributed by atoms with Gasteiger partial charge in [-0.1, -0.05) is 0 Å². The second-order valence-corrected chi connectivity index (χ2v) is 5.21. The number of nitrogens with zero attached hydrogens (tertiary/aromatic N) is 2. The third-order valence-corrected chi connectivity index (χ3v) is 3.81. The molecule has 2 unspecified atom stereocenters. The Balaban J connectivity index is 1.64. The lowest BCUT2D eigenvalue weighted by Gasteiger charge is -2.37. The minimum Gasteiger partial charge on any atom is -0.381 e. The van der Waals surface area contributed by atoms with Crippen LogP contribution in [0.15, 0.2) is 18.3 Å². The quantitative estimate of drug-likeness (QED) is 0.875. The Labute approximate surface area is 112 Å². The molecule has 100 valence electrons. The van der Waals surface area contributed by atoms with Crippen LogP contribution < -0.4 is 5.32 Å². The molecule has 5 nitrogen and oxygen atoms in total. The fourth-order valence-corrected chi connectivity index (χ4v) is 2.80. The van der Waals surface area contributed by atoms with Crippen LogP contribution in [0.25, 0.3) is 0 Å². The minimum atomic E-state index is -0.0874. The van der Waals surface area contributed by atoms with Crippen molar-refractivity contribution in [3.63, 3.8) is 0 Å². The molecule has 0 saturated carbocycles. The number of pyridine rings is 1. The normalized spacial score (nSPS) is 30.2. The van der Waals surface area contributed by atoms with Gasteiger partial charge in [-0.3, -0.25) is 0 Å². The van der Waals surface area contributed by atoms with Gasteiger partial charge in [0.05, 0.1) is 24.1 Å². The van der Waals surface area contributed by atoms with Crippen molar-refractivity contribution in [2.75, 3.05) is 25.1 Å². The van der Waals surface area contributed by atoms with Gasteiger partial charge in [0.25, 0.3) is 0 Å². The molecular formula is C14H17N3O2. The summed E-state index contributed by atoms with van der Waals surface area (Å²) in [5, 5.41) is 12.2. The first kappa shape index (κ1) is 12.4. The first-order valence-corrected chi connectivity index (χ1v) is 6.64. The van der Waals surface area contributed by atoms with E-state index in [-0.39, 0.29) is 5.60 Å². The number of hydrogen-bond donors (Lipinski definition) is 1. The summed E-state index contributed by atoms with van der Waals surface area (Å²) in [6.07, 6.45) is 4.65. The molecule has 2 aliphatic heterocycles. The maximum Gasteiger partial charge on any atom is 0.140 e. The highest BCUT2D eigenvalue weighted by molar-refractivity contribution is 5.43. The fraction of sp³-hybridized carbons (Fsp3) is 0.571. The molecule has 1 aromatic rings. The third kappa shape index (κ3) is 2.70. The van der Waals surface area contributed by atoms with Crippen LogP contribution in [0, 0.1) is 11.3 Å². The van der Waals surface area contributed by atoms with E-state index < -0.39 is 0 Å². The van der Waals surface area contributed by atoms with Gasteiger partial charge in [0, 0.05) is 25.7 Å². The first-order chi connectivity index (χ1) is 9.30. The summed E-state index contributed by atoms with van der Waals surface area (Å²) in [7, 11) is 0. The lowest BCUT2D eigenvalue weighted by molar-refractivity contribution is -0.0828. The zero-order valence-electron chi connectivity index (χ0n) is 10.8. The maximum absolute atomic E-state index is 8.73. The average Bonchev–Trinajstić information content (AvgIpc) is 2.88. The Kier molecular flexibility index (Phi) is 3.36. The highest BCUT2D eigenvalue weighted by Gasteiger charge is 2.40. The van der Waals surface area contributed by atoms with Gasteiger partial charge in [-0.2, -0.15) is 5.26 Å². The summed E-state index contributed by atoms with van der Waals surface area (Å²) in [4.78, 5) is 4.07. The van der Waals surface area contributed by atoms with Gasteiger partial charge >= 0.3 is 0 Å². The van der Waals surface area contributed by atoms with E-state index in [0.29, 0.717) is 18.3 Å². The van der Waals surface area contributed by atoms with Crippen LogP contribution in [-0.2, 0) is 9.47 Å². The van der Waals surface area contributed by atoms with Crippen molar-refractivity contribution in [2.24, 2.45) is 0 Å². The molecule has 0 radical (unpaired) electrons. The molecule has 0 aliphatic carbocycles. The van der Waals surface area contributed by atoms with E-state index >= 15 is 0 Å². The Morgan fingerprint density at radius 2 is 2.37 bits per heavy atom. The van der Waals surface area contributed by atoms with E-state index in [2.05, 4.69) is 10.3 Å². The predicted molar refractivity (Wildman–Crippen MR) is 69.7 cm³/mol. The minimum absolute atomic E-state index is 0.0874. The number of aromatic nitrogens is 1. The molecule has 0 bridgehead atoms. The molecule has 0 amide bonds. The summed E-state index contributed by atoms with van der Waals surface area (Å²) in [6, 6.07) is 6.04. The van der Waals surface area contributed by atoms with Crippen molar-refractivity contribution in [3.05, 3.63) is 24.0 Å². The lowest BCUT2D eigenvalue weighted by atomic mass is 9.89. The smallest absolute Gasteiger partial charge is 0.140 e. The summed E-state index contributed by atoms with van der Waals surface area (Å²) in [6.45, 7) is 2.27. The Morgan fingerprint density at radius 3 is 3.05 bits per heavy atom. The van der Waals surface area contributed by atoms with Gasteiger partial charge in [-0.15, -0.1) is 0 Å². The molecule has 0 aromatic carbocycles. The lowest BCUT2D eigenvalue weighted by Crippen LogP contribution is -2.44. The van der Waals surface area contributed by atoms with Crippen molar-refractivity contribution < 1.29 is 9.47 Å². The van der Waals surface area contributed by atoms with Gasteiger partial charge in [-0.05, 0) is 25.0 Å². The summed E-state index contributed by atoms with van der Waals surface area (Å²) < 4.78 is 11.4. The number of nitrogens with one attached hydrogen (secondary N) is 1. The van der Waals surface area contributed by atoms with Gasteiger partial charge in [0.2, 0.25) is 0 Å². The number of anilines is 1. The Hall–Kier alpha value is -1.64. The molecule has 3 heterocycles. The van der Waals surface area contributed by atoms with Crippen molar-refractivity contribution in [2.45, 2.75) is 30.9 Å².